The number of likely N-dealkylation sites (N-methyl/N-ethyl adjacent to an activating group) is 1. The molecule has 5 heteroatoms. The highest BCUT2D eigenvalue weighted by Gasteiger charge is 2.68. The molecule has 8 atom stereocenters. The van der Waals surface area contributed by atoms with Gasteiger partial charge in [-0.1, -0.05) is 31.2 Å². The molecule has 3 heterocycles. The number of ether oxygens (including phenoxy) is 1. The zero-order chi connectivity index (χ0) is 24.2. The highest BCUT2D eigenvalue weighted by molar-refractivity contribution is 5.82. The Hall–Kier alpha value is -2.05. The van der Waals surface area contributed by atoms with E-state index in [1.54, 1.807) is 0 Å². The summed E-state index contributed by atoms with van der Waals surface area (Å²) in [4.78, 5) is 6.40. The molecule has 2 N–H and O–H groups in total. The molecule has 0 radical (unpaired) electrons. The maximum Gasteiger partial charge on any atom is 0.105 e. The Balaban J connectivity index is 1.29. The van der Waals surface area contributed by atoms with Gasteiger partial charge in [-0.3, -0.25) is 4.98 Å². The summed E-state index contributed by atoms with van der Waals surface area (Å²) in [6, 6.07) is 8.90. The molecular formula is C30H36N2O3. The third-order valence-corrected chi connectivity index (χ3v) is 10.6. The number of benzene rings is 1. The second-order valence-electron chi connectivity index (χ2n) is 12.3. The minimum Gasteiger partial charge on any atom is -0.388 e. The van der Waals surface area contributed by atoms with Crippen molar-refractivity contribution in [2.45, 2.75) is 80.8 Å². The molecule has 3 aliphatic carbocycles. The van der Waals surface area contributed by atoms with Crippen LogP contribution in [0.15, 0.2) is 60.0 Å². The fraction of sp³-hybridized carbons (Fsp3) is 0.567. The minimum absolute atomic E-state index is 0.111. The number of hydrogen-bond donors (Lipinski definition) is 2. The standard InChI is InChI=1S/C30H36N2O3/c1-28-10-8-21-15-23-26(33)27(34)24(32(2)3)16-29(23)11-12-30(21,35-29)25(28)7-6-22(28)19-5-4-18-9-13-31-17-20(18)14-19/h4-5,8-9,13-15,17,22,24-27,33-34H,6-7,10-12,16H2,1-3H3/t22-,24+,25-,26?,27-,28-,29?,30-/m1/s1. The monoisotopic (exact) mass is 472 g/mol. The first-order chi connectivity index (χ1) is 16.8. The van der Waals surface area contributed by atoms with Crippen molar-refractivity contribution in [2.24, 2.45) is 11.3 Å². The number of aliphatic hydroxyl groups is 2. The number of aromatic nitrogens is 1. The first kappa shape index (κ1) is 22.2. The Kier molecular flexibility index (Phi) is 4.60. The predicted molar refractivity (Wildman–Crippen MR) is 136 cm³/mol. The fourth-order valence-corrected chi connectivity index (χ4v) is 8.79. The van der Waals surface area contributed by atoms with Gasteiger partial charge in [0.2, 0.25) is 0 Å². The lowest BCUT2D eigenvalue weighted by Gasteiger charge is -2.56. The van der Waals surface area contributed by atoms with Crippen LogP contribution >= 0.6 is 0 Å². The van der Waals surface area contributed by atoms with E-state index in [0.29, 0.717) is 11.8 Å². The van der Waals surface area contributed by atoms with Crippen LogP contribution in [-0.2, 0) is 4.74 Å². The number of allylic oxidation sites excluding steroid dienone is 1. The maximum absolute atomic E-state index is 11.2. The van der Waals surface area contributed by atoms with Gasteiger partial charge < -0.3 is 19.8 Å². The number of nitrogens with zero attached hydrogens (tertiary/aromatic N) is 2. The Labute approximate surface area is 207 Å². The quantitative estimate of drug-likeness (QED) is 0.680. The van der Waals surface area contributed by atoms with E-state index in [-0.39, 0.29) is 17.1 Å². The first-order valence-electron chi connectivity index (χ1n) is 13.3. The van der Waals surface area contributed by atoms with E-state index in [1.807, 2.05) is 31.4 Å². The van der Waals surface area contributed by atoms with Crippen molar-refractivity contribution in [1.82, 2.24) is 9.88 Å². The maximum atomic E-state index is 11.2. The zero-order valence-corrected chi connectivity index (χ0v) is 20.9. The normalized spacial score (nSPS) is 44.0. The Bertz CT molecular complexity index is 1270. The Morgan fingerprint density at radius 2 is 1.94 bits per heavy atom. The van der Waals surface area contributed by atoms with Crippen LogP contribution in [0.4, 0.5) is 0 Å². The van der Waals surface area contributed by atoms with Crippen LogP contribution in [0.1, 0.15) is 56.9 Å². The topological polar surface area (TPSA) is 65.8 Å². The zero-order valence-electron chi connectivity index (χ0n) is 20.9. The molecule has 35 heavy (non-hydrogen) atoms. The number of pyridine rings is 1. The Morgan fingerprint density at radius 1 is 1.09 bits per heavy atom. The molecule has 184 valence electrons. The number of hydrogen-bond acceptors (Lipinski definition) is 5. The van der Waals surface area contributed by atoms with Gasteiger partial charge in [-0.25, -0.2) is 0 Å². The van der Waals surface area contributed by atoms with Crippen molar-refractivity contribution in [3.05, 3.63) is 65.5 Å². The molecule has 2 bridgehead atoms. The van der Waals surface area contributed by atoms with Gasteiger partial charge in [0.25, 0.3) is 0 Å². The van der Waals surface area contributed by atoms with Crippen LogP contribution in [0.3, 0.4) is 0 Å². The van der Waals surface area contributed by atoms with Crippen molar-refractivity contribution in [2.75, 3.05) is 14.1 Å². The van der Waals surface area contributed by atoms with Crippen molar-refractivity contribution < 1.29 is 14.9 Å². The lowest BCUT2D eigenvalue weighted by atomic mass is 9.58. The summed E-state index contributed by atoms with van der Waals surface area (Å²) < 4.78 is 7.27. The molecule has 3 fully saturated rings. The van der Waals surface area contributed by atoms with Gasteiger partial charge in [0, 0.05) is 23.8 Å². The molecule has 1 aromatic carbocycles. The van der Waals surface area contributed by atoms with Crippen molar-refractivity contribution in [1.29, 1.82) is 0 Å². The van der Waals surface area contributed by atoms with Gasteiger partial charge in [-0.2, -0.15) is 0 Å². The van der Waals surface area contributed by atoms with Gasteiger partial charge in [0.15, 0.2) is 0 Å². The van der Waals surface area contributed by atoms with Crippen molar-refractivity contribution >= 4 is 10.8 Å². The summed E-state index contributed by atoms with van der Waals surface area (Å²) >= 11 is 0. The van der Waals surface area contributed by atoms with Gasteiger partial charge in [-0.15, -0.1) is 0 Å². The average molecular weight is 473 g/mol. The second kappa shape index (κ2) is 7.25. The molecule has 5 aliphatic rings. The highest BCUT2D eigenvalue weighted by Crippen LogP contribution is 2.69. The molecule has 7 rings (SSSR count). The predicted octanol–water partition coefficient (Wildman–Crippen LogP) is 4.35. The van der Waals surface area contributed by atoms with Crippen molar-refractivity contribution in [3.63, 3.8) is 0 Å². The largest absolute Gasteiger partial charge is 0.388 e. The van der Waals surface area contributed by atoms with Crippen LogP contribution < -0.4 is 0 Å². The van der Waals surface area contributed by atoms with E-state index in [0.717, 1.165) is 37.7 Å². The first-order valence-corrected chi connectivity index (χ1v) is 13.3. The summed E-state index contributed by atoms with van der Waals surface area (Å²) in [5.74, 6) is 0.937. The van der Waals surface area contributed by atoms with Crippen LogP contribution in [0.25, 0.3) is 10.8 Å². The van der Waals surface area contributed by atoms with Crippen LogP contribution in [-0.4, -0.2) is 63.6 Å². The summed E-state index contributed by atoms with van der Waals surface area (Å²) in [5, 5.41) is 24.5. The molecule has 0 amide bonds. The summed E-state index contributed by atoms with van der Waals surface area (Å²) in [6.45, 7) is 2.49. The van der Waals surface area contributed by atoms with Crippen LogP contribution in [0, 0.1) is 11.3 Å². The van der Waals surface area contributed by atoms with Gasteiger partial charge in [0.05, 0.1) is 17.3 Å². The van der Waals surface area contributed by atoms with Crippen LogP contribution in [0.2, 0.25) is 0 Å². The Morgan fingerprint density at radius 3 is 2.77 bits per heavy atom. The molecule has 2 aromatic rings. The van der Waals surface area contributed by atoms with Gasteiger partial charge >= 0.3 is 0 Å². The number of fused-ring (bicyclic) bond motifs is 2. The molecule has 2 spiro atoms. The van der Waals surface area contributed by atoms with Crippen molar-refractivity contribution in [3.8, 4) is 0 Å². The second-order valence-corrected chi connectivity index (χ2v) is 12.3. The van der Waals surface area contributed by atoms with E-state index >= 15 is 0 Å². The van der Waals surface area contributed by atoms with E-state index in [4.69, 9.17) is 4.74 Å². The summed E-state index contributed by atoms with van der Waals surface area (Å²) in [7, 11) is 3.98. The van der Waals surface area contributed by atoms with Gasteiger partial charge in [-0.05, 0) is 104 Å². The van der Waals surface area contributed by atoms with E-state index in [2.05, 4.69) is 48.3 Å². The summed E-state index contributed by atoms with van der Waals surface area (Å²) in [6.07, 6.45) is 12.8. The molecule has 2 saturated carbocycles. The molecular weight excluding hydrogens is 436 g/mol. The molecule has 1 saturated heterocycles. The minimum atomic E-state index is -0.871. The van der Waals surface area contributed by atoms with E-state index in [1.165, 1.54) is 28.3 Å². The number of aliphatic hydroxyl groups excluding tert-OH is 2. The smallest absolute Gasteiger partial charge is 0.105 e. The molecule has 5 nitrogen and oxygen atoms in total. The molecule has 1 aromatic heterocycles. The lowest BCUT2D eigenvalue weighted by molar-refractivity contribution is -0.165. The average Bonchev–Trinajstić information content (AvgIpc) is 3.37. The van der Waals surface area contributed by atoms with Crippen LogP contribution in [0.5, 0.6) is 0 Å². The van der Waals surface area contributed by atoms with E-state index in [9.17, 15) is 10.2 Å². The third-order valence-electron chi connectivity index (χ3n) is 10.6. The fourth-order valence-electron chi connectivity index (χ4n) is 8.79. The summed E-state index contributed by atoms with van der Waals surface area (Å²) in [5.41, 5.74) is 2.97. The number of rotatable bonds is 2. The molecule has 2 unspecified atom stereocenters. The molecule has 2 aliphatic heterocycles. The van der Waals surface area contributed by atoms with Gasteiger partial charge in [0.1, 0.15) is 6.10 Å². The third kappa shape index (κ3) is 2.81. The lowest BCUT2D eigenvalue weighted by Crippen LogP contribution is -2.61. The van der Waals surface area contributed by atoms with E-state index < -0.39 is 17.8 Å². The highest BCUT2D eigenvalue weighted by atomic mass is 16.5. The SMILES string of the molecule is CN(C)[C@H]1CC23CC[C@@]4(O2)C(=CC[C@]2(C)[C@@H](c5ccc6ccncc6c5)CC[C@H]24)C=C3C(O)[C@@H]1O.